The van der Waals surface area contributed by atoms with Gasteiger partial charge < -0.3 is 10.0 Å². The van der Waals surface area contributed by atoms with Crippen molar-refractivity contribution in [2.24, 2.45) is 4.99 Å². The summed E-state index contributed by atoms with van der Waals surface area (Å²) in [5.41, 5.74) is 1.36. The quantitative estimate of drug-likeness (QED) is 0.700. The van der Waals surface area contributed by atoms with E-state index in [0.717, 1.165) is 0 Å². The molecule has 1 saturated heterocycles. The van der Waals surface area contributed by atoms with Gasteiger partial charge in [0.1, 0.15) is 0 Å². The summed E-state index contributed by atoms with van der Waals surface area (Å²) in [5, 5.41) is 13.0. The van der Waals surface area contributed by atoms with E-state index in [2.05, 4.69) is 10.3 Å². The predicted octanol–water partition coefficient (Wildman–Crippen LogP) is 1.24. The lowest BCUT2D eigenvalue weighted by atomic mass is 10.1. The van der Waals surface area contributed by atoms with Gasteiger partial charge in [-0.25, -0.2) is 4.99 Å². The van der Waals surface area contributed by atoms with Crippen molar-refractivity contribution in [2.45, 2.75) is 12.8 Å². The van der Waals surface area contributed by atoms with Crippen LogP contribution in [0.2, 0.25) is 10.0 Å². The Morgan fingerprint density at radius 1 is 1.47 bits per heavy atom. The van der Waals surface area contributed by atoms with Crippen LogP contribution in [0.4, 0.5) is 5.69 Å². The molecule has 0 spiro atoms. The molecular weight excluding hydrogens is 268 g/mol. The molecular formula is C10H7Cl2N3O2. The largest absolute Gasteiger partial charge is 0.365 e. The Hall–Kier alpha value is -1.30. The second-order valence-electron chi connectivity index (χ2n) is 3.79. The Kier molecular flexibility index (Phi) is 2.29. The zero-order valence-corrected chi connectivity index (χ0v) is 9.96. The number of guanidine groups is 1. The number of aliphatic hydroxyl groups is 1. The van der Waals surface area contributed by atoms with Gasteiger partial charge in [-0.15, -0.1) is 0 Å². The van der Waals surface area contributed by atoms with Gasteiger partial charge in [0.25, 0.3) is 5.91 Å². The van der Waals surface area contributed by atoms with Gasteiger partial charge in [0.15, 0.2) is 0 Å². The SMILES string of the molecule is O=[13C]1N[13C]2=Nc3ccc(Cl)c(Cl)c3CN2[13CH]1O. The van der Waals surface area contributed by atoms with Crippen LogP contribution < -0.4 is 5.32 Å². The first-order valence-corrected chi connectivity index (χ1v) is 5.64. The van der Waals surface area contributed by atoms with Crippen molar-refractivity contribution >= 4 is 40.8 Å². The number of fused-ring (bicyclic) bond motifs is 2. The maximum Gasteiger partial charge on any atom is 0.276 e. The number of nitrogens with zero attached hydrogens (tertiary/aromatic N) is 2. The molecule has 1 aromatic rings. The van der Waals surface area contributed by atoms with Crippen LogP contribution in [0.25, 0.3) is 0 Å². The van der Waals surface area contributed by atoms with Crippen LogP contribution in [-0.2, 0) is 11.3 Å². The van der Waals surface area contributed by atoms with E-state index in [1.54, 1.807) is 12.1 Å². The van der Waals surface area contributed by atoms with E-state index in [1.807, 2.05) is 0 Å². The predicted molar refractivity (Wildman–Crippen MR) is 63.2 cm³/mol. The monoisotopic (exact) mass is 274 g/mol. The molecule has 2 aliphatic heterocycles. The van der Waals surface area contributed by atoms with Gasteiger partial charge in [0, 0.05) is 5.56 Å². The van der Waals surface area contributed by atoms with Crippen LogP contribution in [0.1, 0.15) is 5.56 Å². The highest BCUT2D eigenvalue weighted by molar-refractivity contribution is 6.42. The van der Waals surface area contributed by atoms with Gasteiger partial charge in [-0.3, -0.25) is 10.1 Å². The molecule has 88 valence electrons. The molecule has 1 atom stereocenters. The van der Waals surface area contributed by atoms with Gasteiger partial charge >= 0.3 is 0 Å². The average molecular weight is 275 g/mol. The molecule has 2 aliphatic rings. The molecule has 0 radical (unpaired) electrons. The maximum atomic E-state index is 11.3. The second-order valence-corrected chi connectivity index (χ2v) is 4.57. The van der Waals surface area contributed by atoms with Crippen LogP contribution in [0.3, 0.4) is 0 Å². The summed E-state index contributed by atoms with van der Waals surface area (Å²) in [6, 6.07) is 3.38. The molecule has 2 heterocycles. The average Bonchev–Trinajstić information content (AvgIpc) is 2.58. The lowest BCUT2D eigenvalue weighted by Crippen LogP contribution is -2.36. The molecule has 0 saturated carbocycles. The third-order valence-corrected chi connectivity index (χ3v) is 3.61. The van der Waals surface area contributed by atoms with Gasteiger partial charge in [-0.1, -0.05) is 23.2 Å². The number of hydrogen-bond donors (Lipinski definition) is 2. The van der Waals surface area contributed by atoms with Crippen molar-refractivity contribution in [3.8, 4) is 0 Å². The molecule has 0 bridgehead atoms. The van der Waals surface area contributed by atoms with Gasteiger partial charge in [0.05, 0.1) is 22.3 Å². The summed E-state index contributed by atoms with van der Waals surface area (Å²) in [5.74, 6) is -0.146. The Bertz CT molecular complexity index is 559. The number of halogens is 2. The van der Waals surface area contributed by atoms with E-state index in [9.17, 15) is 9.90 Å². The lowest BCUT2D eigenvalue weighted by Gasteiger charge is -2.25. The van der Waals surface area contributed by atoms with E-state index in [0.29, 0.717) is 33.8 Å². The first kappa shape index (κ1) is 10.8. The highest BCUT2D eigenvalue weighted by Crippen LogP contribution is 2.37. The zero-order chi connectivity index (χ0) is 12.2. The number of carbonyl (C=O) groups excluding carboxylic acids is 1. The molecule has 0 aromatic heterocycles. The van der Waals surface area contributed by atoms with E-state index in [4.69, 9.17) is 23.2 Å². The number of aliphatic imine (C=N–C) groups is 1. The molecule has 0 aliphatic carbocycles. The minimum absolute atomic E-state index is 0.299. The molecule has 3 rings (SSSR count). The standard InChI is InChI=1S/C10H7Cl2N3O2/c11-5-1-2-6-4(7(5)12)3-15-9(17)8(16)14-10(15)13-6/h1-2,9,17H,3H2,(H,13,14,16)/i8+1,9+1,10+1. The lowest BCUT2D eigenvalue weighted by molar-refractivity contribution is -0.130. The molecule has 7 heteroatoms. The minimum atomic E-state index is -1.23. The van der Waals surface area contributed by atoms with E-state index in [1.165, 1.54) is 4.90 Å². The number of carbonyl (C=O) groups is 1. The summed E-state index contributed by atoms with van der Waals surface area (Å²) in [6.07, 6.45) is -1.23. The second kappa shape index (κ2) is 3.60. The van der Waals surface area contributed by atoms with E-state index in [-0.39, 0.29) is 0 Å². The summed E-state index contributed by atoms with van der Waals surface area (Å²) >= 11 is 12.0. The first-order chi connectivity index (χ1) is 8.08. The van der Waals surface area contributed by atoms with E-state index < -0.39 is 12.1 Å². The Balaban J connectivity index is 2.12. The van der Waals surface area contributed by atoms with Crippen molar-refractivity contribution in [1.82, 2.24) is 10.2 Å². The van der Waals surface area contributed by atoms with Crippen LogP contribution in [0.5, 0.6) is 0 Å². The summed E-state index contributed by atoms with van der Waals surface area (Å²) in [4.78, 5) is 17.0. The highest BCUT2D eigenvalue weighted by atomic mass is 35.5. The third kappa shape index (κ3) is 1.50. The van der Waals surface area contributed by atoms with Crippen LogP contribution in [0.15, 0.2) is 17.1 Å². The molecule has 17 heavy (non-hydrogen) atoms. The topological polar surface area (TPSA) is 64.9 Å². The molecule has 1 amide bonds. The fraction of sp³-hybridized carbons (Fsp3) is 0.200. The van der Waals surface area contributed by atoms with Crippen LogP contribution in [-0.4, -0.2) is 28.1 Å². The third-order valence-electron chi connectivity index (χ3n) is 2.76. The Morgan fingerprint density at radius 2 is 2.24 bits per heavy atom. The van der Waals surface area contributed by atoms with Crippen LogP contribution >= 0.6 is 23.2 Å². The van der Waals surface area contributed by atoms with Gasteiger partial charge in [-0.05, 0) is 12.1 Å². The van der Waals surface area contributed by atoms with Crippen molar-refractivity contribution in [2.75, 3.05) is 0 Å². The smallest absolute Gasteiger partial charge is 0.276 e. The highest BCUT2D eigenvalue weighted by Gasteiger charge is 2.38. The van der Waals surface area contributed by atoms with Crippen LogP contribution in [0, 0.1) is 0 Å². The van der Waals surface area contributed by atoms with Gasteiger partial charge in [0.2, 0.25) is 12.2 Å². The van der Waals surface area contributed by atoms with Crippen molar-refractivity contribution in [3.63, 3.8) is 0 Å². The fourth-order valence-corrected chi connectivity index (χ4v) is 2.28. The molecule has 1 aromatic carbocycles. The van der Waals surface area contributed by atoms with Gasteiger partial charge in [-0.2, -0.15) is 0 Å². The Labute approximate surface area is 107 Å². The molecule has 1 unspecified atom stereocenters. The van der Waals surface area contributed by atoms with Crippen molar-refractivity contribution in [3.05, 3.63) is 27.7 Å². The summed E-state index contributed by atoms with van der Waals surface area (Å²) < 4.78 is 0. The summed E-state index contributed by atoms with van der Waals surface area (Å²) in [7, 11) is 0. The molecule has 1 fully saturated rings. The van der Waals surface area contributed by atoms with E-state index >= 15 is 0 Å². The maximum absolute atomic E-state index is 11.3. The molecule has 2 N–H and O–H groups in total. The van der Waals surface area contributed by atoms with Crippen molar-refractivity contribution in [1.29, 1.82) is 0 Å². The molecule has 5 nitrogen and oxygen atoms in total. The number of rotatable bonds is 0. The summed E-state index contributed by atoms with van der Waals surface area (Å²) in [6.45, 7) is 0.299. The van der Waals surface area contributed by atoms with Crippen molar-refractivity contribution < 1.29 is 9.90 Å². The number of amides is 1. The fourth-order valence-electron chi connectivity index (χ4n) is 1.88. The first-order valence-electron chi connectivity index (χ1n) is 4.89. The number of nitrogens with one attached hydrogen (secondary N) is 1. The number of aliphatic hydroxyl groups excluding tert-OH is 1. The Morgan fingerprint density at radius 3 is 3.00 bits per heavy atom. The number of benzene rings is 1. The zero-order valence-electron chi connectivity index (χ0n) is 8.44. The normalized spacial score (nSPS) is 21.8. The number of hydrogen-bond acceptors (Lipinski definition) is 4. The minimum Gasteiger partial charge on any atom is -0.365 e.